The Morgan fingerprint density at radius 2 is 1.85 bits per heavy atom. The quantitative estimate of drug-likeness (QED) is 0.879. The van der Waals surface area contributed by atoms with Gasteiger partial charge in [0, 0.05) is 5.69 Å². The minimum atomic E-state index is -0.657. The molecule has 3 rings (SSSR count). The van der Waals surface area contributed by atoms with Crippen LogP contribution in [0, 0.1) is 13.8 Å². The van der Waals surface area contributed by atoms with Crippen LogP contribution in [0.4, 0.5) is 5.69 Å². The molecule has 2 aromatic rings. The lowest BCUT2D eigenvalue weighted by Crippen LogP contribution is -2.06. The van der Waals surface area contributed by atoms with E-state index in [-0.39, 0.29) is 5.91 Å². The van der Waals surface area contributed by atoms with E-state index in [2.05, 4.69) is 5.32 Å². The third-order valence-electron chi connectivity index (χ3n) is 4.05. The van der Waals surface area contributed by atoms with Crippen molar-refractivity contribution in [3.05, 3.63) is 64.2 Å². The van der Waals surface area contributed by atoms with E-state index in [1.165, 1.54) is 0 Å². The molecule has 0 bridgehead atoms. The molecule has 1 amide bonds. The molecule has 3 nitrogen and oxygen atoms in total. The van der Waals surface area contributed by atoms with Crippen LogP contribution in [0.3, 0.4) is 0 Å². The molecule has 0 aromatic heterocycles. The van der Waals surface area contributed by atoms with Crippen molar-refractivity contribution in [1.29, 1.82) is 0 Å². The van der Waals surface area contributed by atoms with Gasteiger partial charge in [0.25, 0.3) is 0 Å². The fourth-order valence-corrected chi connectivity index (χ4v) is 2.78. The van der Waals surface area contributed by atoms with Crippen molar-refractivity contribution in [2.24, 2.45) is 0 Å². The van der Waals surface area contributed by atoms with E-state index < -0.39 is 6.10 Å². The molecule has 1 heterocycles. The van der Waals surface area contributed by atoms with E-state index in [4.69, 9.17) is 0 Å². The Kier molecular flexibility index (Phi) is 3.07. The molecule has 1 atom stereocenters. The molecule has 2 N–H and O–H groups in total. The van der Waals surface area contributed by atoms with Crippen molar-refractivity contribution >= 4 is 11.6 Å². The molecule has 0 radical (unpaired) electrons. The van der Waals surface area contributed by atoms with Gasteiger partial charge < -0.3 is 10.4 Å². The lowest BCUT2D eigenvalue weighted by atomic mass is 9.91. The topological polar surface area (TPSA) is 49.3 Å². The van der Waals surface area contributed by atoms with Crippen LogP contribution in [0.25, 0.3) is 0 Å². The van der Waals surface area contributed by atoms with Crippen LogP contribution in [0.1, 0.15) is 33.9 Å². The van der Waals surface area contributed by atoms with Crippen molar-refractivity contribution in [3.63, 3.8) is 0 Å². The minimum Gasteiger partial charge on any atom is -0.384 e. The van der Waals surface area contributed by atoms with Crippen LogP contribution in [-0.4, -0.2) is 11.0 Å². The lowest BCUT2D eigenvalue weighted by molar-refractivity contribution is -0.115. The van der Waals surface area contributed by atoms with E-state index in [1.807, 2.05) is 50.2 Å². The third kappa shape index (κ3) is 2.00. The molecule has 20 heavy (non-hydrogen) atoms. The Labute approximate surface area is 118 Å². The summed E-state index contributed by atoms with van der Waals surface area (Å²) in [5, 5.41) is 13.5. The molecule has 0 saturated carbocycles. The minimum absolute atomic E-state index is 0.0221. The number of rotatable bonds is 2. The molecule has 0 spiro atoms. The Morgan fingerprint density at radius 1 is 1.15 bits per heavy atom. The Morgan fingerprint density at radius 3 is 2.55 bits per heavy atom. The maximum absolute atomic E-state index is 11.5. The number of benzene rings is 2. The number of aliphatic hydroxyl groups excluding tert-OH is 1. The SMILES string of the molecule is Cc1c(C(O)c2ccccc2)cc2c(c1C)NC(=O)C2. The van der Waals surface area contributed by atoms with Gasteiger partial charge in [-0.05, 0) is 47.7 Å². The molecular formula is C17H17NO2. The maximum Gasteiger partial charge on any atom is 0.228 e. The lowest BCUT2D eigenvalue weighted by Gasteiger charge is -2.18. The van der Waals surface area contributed by atoms with E-state index in [9.17, 15) is 9.90 Å². The third-order valence-corrected chi connectivity index (χ3v) is 4.05. The first-order chi connectivity index (χ1) is 9.58. The molecule has 102 valence electrons. The summed E-state index contributed by atoms with van der Waals surface area (Å²) in [7, 11) is 0. The second kappa shape index (κ2) is 4.76. The van der Waals surface area contributed by atoms with Gasteiger partial charge in [0.1, 0.15) is 6.10 Å². The molecule has 0 saturated heterocycles. The largest absolute Gasteiger partial charge is 0.384 e. The average Bonchev–Trinajstić information content (AvgIpc) is 2.84. The number of carbonyl (C=O) groups excluding carboxylic acids is 1. The normalized spacial score (nSPS) is 14.8. The number of carbonyl (C=O) groups is 1. The number of anilines is 1. The summed E-state index contributed by atoms with van der Waals surface area (Å²) < 4.78 is 0. The number of aliphatic hydroxyl groups is 1. The van der Waals surface area contributed by atoms with Crippen LogP contribution in [-0.2, 0) is 11.2 Å². The van der Waals surface area contributed by atoms with Crippen molar-refractivity contribution in [3.8, 4) is 0 Å². The van der Waals surface area contributed by atoms with Crippen LogP contribution < -0.4 is 5.32 Å². The molecule has 2 aromatic carbocycles. The summed E-state index contributed by atoms with van der Waals surface area (Å²) in [5.74, 6) is 0.0221. The summed E-state index contributed by atoms with van der Waals surface area (Å²) >= 11 is 0. The first-order valence-corrected chi connectivity index (χ1v) is 6.73. The highest BCUT2D eigenvalue weighted by molar-refractivity contribution is 6.00. The van der Waals surface area contributed by atoms with Gasteiger partial charge in [-0.3, -0.25) is 4.79 Å². The van der Waals surface area contributed by atoms with Crippen molar-refractivity contribution in [2.45, 2.75) is 26.4 Å². The average molecular weight is 267 g/mol. The Balaban J connectivity index is 2.10. The van der Waals surface area contributed by atoms with Crippen LogP contribution in [0.5, 0.6) is 0 Å². The molecule has 3 heteroatoms. The number of nitrogens with one attached hydrogen (secondary N) is 1. The van der Waals surface area contributed by atoms with E-state index in [0.717, 1.165) is 33.5 Å². The Bertz CT molecular complexity index is 677. The van der Waals surface area contributed by atoms with Gasteiger partial charge >= 0.3 is 0 Å². The first-order valence-electron chi connectivity index (χ1n) is 6.73. The fraction of sp³-hybridized carbons (Fsp3) is 0.235. The number of hydrogen-bond donors (Lipinski definition) is 2. The zero-order valence-corrected chi connectivity index (χ0v) is 11.6. The predicted molar refractivity (Wildman–Crippen MR) is 78.8 cm³/mol. The number of amides is 1. The zero-order valence-electron chi connectivity index (χ0n) is 11.6. The molecule has 1 aliphatic rings. The summed E-state index contributed by atoms with van der Waals surface area (Å²) in [5.41, 5.74) is 5.71. The molecule has 1 unspecified atom stereocenters. The van der Waals surface area contributed by atoms with E-state index >= 15 is 0 Å². The second-order valence-corrected chi connectivity index (χ2v) is 5.29. The van der Waals surface area contributed by atoms with Crippen LogP contribution >= 0.6 is 0 Å². The van der Waals surface area contributed by atoms with Gasteiger partial charge in [0.05, 0.1) is 6.42 Å². The van der Waals surface area contributed by atoms with Gasteiger partial charge in [-0.25, -0.2) is 0 Å². The standard InChI is InChI=1S/C17H17NO2/c1-10-11(2)16-13(9-15(19)18-16)8-14(10)17(20)12-6-4-3-5-7-12/h3-8,17,20H,9H2,1-2H3,(H,18,19). The summed E-state index contributed by atoms with van der Waals surface area (Å²) in [4.78, 5) is 11.5. The smallest absolute Gasteiger partial charge is 0.228 e. The van der Waals surface area contributed by atoms with Crippen molar-refractivity contribution in [2.75, 3.05) is 5.32 Å². The number of fused-ring (bicyclic) bond motifs is 1. The fourth-order valence-electron chi connectivity index (χ4n) is 2.78. The van der Waals surface area contributed by atoms with Crippen molar-refractivity contribution in [1.82, 2.24) is 0 Å². The molecular weight excluding hydrogens is 250 g/mol. The molecule has 1 aliphatic heterocycles. The highest BCUT2D eigenvalue weighted by Gasteiger charge is 2.24. The molecule has 0 fully saturated rings. The van der Waals surface area contributed by atoms with Crippen LogP contribution in [0.2, 0.25) is 0 Å². The molecule has 0 aliphatic carbocycles. The van der Waals surface area contributed by atoms with Gasteiger partial charge in [-0.1, -0.05) is 30.3 Å². The highest BCUT2D eigenvalue weighted by Crippen LogP contribution is 2.35. The highest BCUT2D eigenvalue weighted by atomic mass is 16.3. The van der Waals surface area contributed by atoms with E-state index in [1.54, 1.807) is 0 Å². The Hall–Kier alpha value is -2.13. The van der Waals surface area contributed by atoms with E-state index in [0.29, 0.717) is 6.42 Å². The monoisotopic (exact) mass is 267 g/mol. The van der Waals surface area contributed by atoms with Gasteiger partial charge in [0.2, 0.25) is 5.91 Å². The van der Waals surface area contributed by atoms with Gasteiger partial charge in [0.15, 0.2) is 0 Å². The van der Waals surface area contributed by atoms with Gasteiger partial charge in [-0.2, -0.15) is 0 Å². The summed E-state index contributed by atoms with van der Waals surface area (Å²) in [6.07, 6.45) is -0.263. The maximum atomic E-state index is 11.5. The summed E-state index contributed by atoms with van der Waals surface area (Å²) in [6.45, 7) is 3.97. The second-order valence-electron chi connectivity index (χ2n) is 5.29. The summed E-state index contributed by atoms with van der Waals surface area (Å²) in [6, 6.07) is 11.5. The number of hydrogen-bond acceptors (Lipinski definition) is 2. The first kappa shape index (κ1) is 12.9. The zero-order chi connectivity index (χ0) is 14.3. The van der Waals surface area contributed by atoms with Crippen LogP contribution in [0.15, 0.2) is 36.4 Å². The van der Waals surface area contributed by atoms with Gasteiger partial charge in [-0.15, -0.1) is 0 Å². The predicted octanol–water partition coefficient (Wildman–Crippen LogP) is 2.88. The van der Waals surface area contributed by atoms with Crippen molar-refractivity contribution < 1.29 is 9.90 Å².